The highest BCUT2D eigenvalue weighted by Crippen LogP contribution is 2.34. The highest BCUT2D eigenvalue weighted by molar-refractivity contribution is 9.10. The van der Waals surface area contributed by atoms with E-state index in [4.69, 9.17) is 5.26 Å². The van der Waals surface area contributed by atoms with Crippen LogP contribution in [0.2, 0.25) is 0 Å². The van der Waals surface area contributed by atoms with Gasteiger partial charge in [-0.2, -0.15) is 18.4 Å². The zero-order chi connectivity index (χ0) is 12.5. The van der Waals surface area contributed by atoms with E-state index >= 15 is 0 Å². The van der Waals surface area contributed by atoms with Crippen molar-refractivity contribution in [1.29, 1.82) is 5.26 Å². The van der Waals surface area contributed by atoms with Crippen molar-refractivity contribution >= 4 is 21.7 Å². The second-order valence-electron chi connectivity index (χ2n) is 3.05. The van der Waals surface area contributed by atoms with E-state index in [0.29, 0.717) is 6.07 Å². The molecule has 0 atom stereocenters. The van der Waals surface area contributed by atoms with Crippen molar-refractivity contribution < 1.29 is 18.0 Å². The molecule has 0 amide bonds. The minimum atomic E-state index is -4.54. The van der Waals surface area contributed by atoms with Crippen LogP contribution >= 0.6 is 15.9 Å². The van der Waals surface area contributed by atoms with E-state index in [1.165, 1.54) is 6.92 Å². The number of carbonyl (C=O) groups excluding carboxylic acids is 1. The van der Waals surface area contributed by atoms with Gasteiger partial charge in [-0.1, -0.05) is 0 Å². The quantitative estimate of drug-likeness (QED) is 0.743. The fraction of sp³-hybridized carbons (Fsp3) is 0.200. The largest absolute Gasteiger partial charge is 0.416 e. The van der Waals surface area contributed by atoms with Crippen LogP contribution in [0.4, 0.5) is 13.2 Å². The van der Waals surface area contributed by atoms with Crippen molar-refractivity contribution in [2.24, 2.45) is 0 Å². The number of halogens is 4. The van der Waals surface area contributed by atoms with Crippen molar-refractivity contribution in [3.05, 3.63) is 33.3 Å². The van der Waals surface area contributed by atoms with E-state index < -0.39 is 17.5 Å². The van der Waals surface area contributed by atoms with Crippen LogP contribution in [0.3, 0.4) is 0 Å². The molecule has 1 aromatic carbocycles. The average Bonchev–Trinajstić information content (AvgIpc) is 2.14. The Morgan fingerprint density at radius 3 is 2.38 bits per heavy atom. The molecule has 0 aromatic heterocycles. The van der Waals surface area contributed by atoms with Crippen LogP contribution in [0, 0.1) is 11.3 Å². The van der Waals surface area contributed by atoms with Gasteiger partial charge in [-0.05, 0) is 35.0 Å². The molecular formula is C10H5BrF3NO. The zero-order valence-corrected chi connectivity index (χ0v) is 9.61. The molecular weight excluding hydrogens is 287 g/mol. The molecule has 0 aliphatic carbocycles. The number of hydrogen-bond acceptors (Lipinski definition) is 2. The SMILES string of the molecule is CC(=O)c1c(Br)cc(C(F)(F)F)cc1C#N. The molecule has 0 fully saturated rings. The van der Waals surface area contributed by atoms with Gasteiger partial charge in [0.05, 0.1) is 17.2 Å². The van der Waals surface area contributed by atoms with Crippen molar-refractivity contribution in [2.45, 2.75) is 13.1 Å². The van der Waals surface area contributed by atoms with E-state index in [-0.39, 0.29) is 15.6 Å². The molecule has 0 radical (unpaired) electrons. The lowest BCUT2D eigenvalue weighted by Gasteiger charge is -2.10. The van der Waals surface area contributed by atoms with Crippen LogP contribution in [0.25, 0.3) is 0 Å². The Hall–Kier alpha value is -1.35. The third-order valence-electron chi connectivity index (χ3n) is 1.89. The third-order valence-corrected chi connectivity index (χ3v) is 2.52. The third kappa shape index (κ3) is 2.42. The molecule has 0 aliphatic heterocycles. The van der Waals surface area contributed by atoms with Crippen LogP contribution in [0.1, 0.15) is 28.4 Å². The van der Waals surface area contributed by atoms with E-state index in [0.717, 1.165) is 6.07 Å². The van der Waals surface area contributed by atoms with Gasteiger partial charge in [-0.25, -0.2) is 0 Å². The Kier molecular flexibility index (Phi) is 3.38. The maximum atomic E-state index is 12.4. The lowest BCUT2D eigenvalue weighted by molar-refractivity contribution is -0.137. The molecule has 6 heteroatoms. The van der Waals surface area contributed by atoms with Crippen molar-refractivity contribution in [2.75, 3.05) is 0 Å². The summed E-state index contributed by atoms with van der Waals surface area (Å²) >= 11 is 2.86. The van der Waals surface area contributed by atoms with Gasteiger partial charge in [-0.3, -0.25) is 4.79 Å². The van der Waals surface area contributed by atoms with Gasteiger partial charge in [0.2, 0.25) is 0 Å². The van der Waals surface area contributed by atoms with Gasteiger partial charge in [0, 0.05) is 10.0 Å². The fourth-order valence-corrected chi connectivity index (χ4v) is 1.96. The molecule has 0 N–H and O–H groups in total. The molecule has 0 unspecified atom stereocenters. The first-order valence-corrected chi connectivity index (χ1v) is 4.88. The smallest absolute Gasteiger partial charge is 0.294 e. The van der Waals surface area contributed by atoms with Gasteiger partial charge in [-0.15, -0.1) is 0 Å². The monoisotopic (exact) mass is 291 g/mol. The Morgan fingerprint density at radius 2 is 2.00 bits per heavy atom. The Labute approximate surface area is 97.8 Å². The van der Waals surface area contributed by atoms with Crippen LogP contribution in [0.5, 0.6) is 0 Å². The standard InChI is InChI=1S/C10H5BrF3NO/c1-5(16)9-6(4-15)2-7(3-8(9)11)10(12,13)14/h2-3H,1H3. The van der Waals surface area contributed by atoms with Crippen LogP contribution < -0.4 is 0 Å². The highest BCUT2D eigenvalue weighted by atomic mass is 79.9. The van der Waals surface area contributed by atoms with Gasteiger partial charge >= 0.3 is 6.18 Å². The molecule has 1 rings (SSSR count). The average molecular weight is 292 g/mol. The zero-order valence-electron chi connectivity index (χ0n) is 8.02. The molecule has 0 bridgehead atoms. The maximum absolute atomic E-state index is 12.4. The number of benzene rings is 1. The number of nitriles is 1. The molecule has 0 saturated carbocycles. The summed E-state index contributed by atoms with van der Waals surface area (Å²) in [5, 5.41) is 8.69. The van der Waals surface area contributed by atoms with Gasteiger partial charge in [0.1, 0.15) is 0 Å². The lowest BCUT2D eigenvalue weighted by Crippen LogP contribution is -2.08. The minimum Gasteiger partial charge on any atom is -0.294 e. The number of nitrogens with zero attached hydrogens (tertiary/aromatic N) is 1. The normalized spacial score (nSPS) is 11.0. The molecule has 0 spiro atoms. The van der Waals surface area contributed by atoms with E-state index in [9.17, 15) is 18.0 Å². The van der Waals surface area contributed by atoms with E-state index in [1.54, 1.807) is 6.07 Å². The summed E-state index contributed by atoms with van der Waals surface area (Å²) in [5.74, 6) is -0.461. The fourth-order valence-electron chi connectivity index (χ4n) is 1.22. The number of Topliss-reactive ketones (excluding diaryl/α,β-unsaturated/α-hetero) is 1. The molecule has 84 valence electrons. The predicted octanol–water partition coefficient (Wildman–Crippen LogP) is 3.54. The summed E-state index contributed by atoms with van der Waals surface area (Å²) in [4.78, 5) is 11.1. The van der Waals surface area contributed by atoms with Gasteiger partial charge in [0.25, 0.3) is 0 Å². The Bertz CT molecular complexity index is 488. The number of hydrogen-bond donors (Lipinski definition) is 0. The lowest BCUT2D eigenvalue weighted by atomic mass is 10.0. The summed E-state index contributed by atoms with van der Waals surface area (Å²) in [6, 6.07) is 3.04. The summed E-state index contributed by atoms with van der Waals surface area (Å²) in [5.41, 5.74) is -1.27. The first-order chi connectivity index (χ1) is 7.27. The van der Waals surface area contributed by atoms with Crippen molar-refractivity contribution in [3.8, 4) is 6.07 Å². The molecule has 0 aliphatic rings. The molecule has 16 heavy (non-hydrogen) atoms. The van der Waals surface area contributed by atoms with Crippen LogP contribution in [-0.4, -0.2) is 5.78 Å². The minimum absolute atomic E-state index is 0.0219. The first kappa shape index (κ1) is 12.7. The van der Waals surface area contributed by atoms with E-state index in [1.807, 2.05) is 0 Å². The van der Waals surface area contributed by atoms with Gasteiger partial charge in [0.15, 0.2) is 5.78 Å². The number of carbonyl (C=O) groups is 1. The summed E-state index contributed by atoms with van der Waals surface area (Å²) < 4.78 is 37.2. The summed E-state index contributed by atoms with van der Waals surface area (Å²) in [6.45, 7) is 1.19. The number of ketones is 1. The molecule has 2 nitrogen and oxygen atoms in total. The van der Waals surface area contributed by atoms with E-state index in [2.05, 4.69) is 15.9 Å². The van der Waals surface area contributed by atoms with Crippen LogP contribution in [0.15, 0.2) is 16.6 Å². The topological polar surface area (TPSA) is 40.9 Å². The number of alkyl halides is 3. The summed E-state index contributed by atoms with van der Waals surface area (Å²) in [6.07, 6.45) is -4.54. The second kappa shape index (κ2) is 4.26. The molecule has 0 heterocycles. The Balaban J connectivity index is 3.52. The summed E-state index contributed by atoms with van der Waals surface area (Å²) in [7, 11) is 0. The van der Waals surface area contributed by atoms with Crippen molar-refractivity contribution in [1.82, 2.24) is 0 Å². The van der Waals surface area contributed by atoms with Gasteiger partial charge < -0.3 is 0 Å². The predicted molar refractivity (Wildman–Crippen MR) is 53.9 cm³/mol. The highest BCUT2D eigenvalue weighted by Gasteiger charge is 2.32. The molecule has 0 saturated heterocycles. The first-order valence-electron chi connectivity index (χ1n) is 4.09. The molecule has 1 aromatic rings. The second-order valence-corrected chi connectivity index (χ2v) is 3.90. The van der Waals surface area contributed by atoms with Crippen molar-refractivity contribution in [3.63, 3.8) is 0 Å². The number of rotatable bonds is 1. The maximum Gasteiger partial charge on any atom is 0.416 e. The van der Waals surface area contributed by atoms with Crippen LogP contribution in [-0.2, 0) is 6.18 Å². The Morgan fingerprint density at radius 1 is 1.44 bits per heavy atom.